The van der Waals surface area contributed by atoms with Crippen LogP contribution in [0.4, 0.5) is 5.82 Å². The maximum Gasteiger partial charge on any atom is 0.151 e. The topological polar surface area (TPSA) is 83.3 Å². The lowest BCUT2D eigenvalue weighted by molar-refractivity contribution is 0.306. The van der Waals surface area contributed by atoms with Crippen LogP contribution in [-0.2, 0) is 19.6 Å². The van der Waals surface area contributed by atoms with Crippen molar-refractivity contribution in [3.63, 3.8) is 0 Å². The summed E-state index contributed by atoms with van der Waals surface area (Å²) in [6.45, 7) is 1.41. The van der Waals surface area contributed by atoms with E-state index in [1.807, 2.05) is 53.4 Å². The van der Waals surface area contributed by atoms with Gasteiger partial charge in [-0.15, -0.1) is 0 Å². The second-order valence-corrected chi connectivity index (χ2v) is 7.66. The highest BCUT2D eigenvalue weighted by atomic mass is 16.5. The summed E-state index contributed by atoms with van der Waals surface area (Å²) in [6, 6.07) is 20.4. The van der Waals surface area contributed by atoms with Crippen LogP contribution >= 0.6 is 0 Å². The number of benzene rings is 2. The van der Waals surface area contributed by atoms with E-state index >= 15 is 0 Å². The number of ether oxygens (including phenoxy) is 1. The minimum atomic E-state index is 0.464. The molecular weight excluding hydrogens is 400 g/mol. The first-order chi connectivity index (χ1) is 15.8. The first-order valence-corrected chi connectivity index (χ1v) is 10.6. The molecule has 0 aliphatic rings. The molecule has 0 fully saturated rings. The van der Waals surface area contributed by atoms with Gasteiger partial charge < -0.3 is 15.0 Å². The van der Waals surface area contributed by atoms with Crippen molar-refractivity contribution in [3.8, 4) is 16.9 Å². The number of rotatable bonds is 8. The summed E-state index contributed by atoms with van der Waals surface area (Å²) in [4.78, 5) is 8.33. The summed E-state index contributed by atoms with van der Waals surface area (Å²) in [7, 11) is 0. The third kappa shape index (κ3) is 4.18. The lowest BCUT2D eigenvalue weighted by Crippen LogP contribution is -2.03. The summed E-state index contributed by atoms with van der Waals surface area (Å²) in [5.74, 6) is 1.27. The Morgan fingerprint density at radius 1 is 1.00 bits per heavy atom. The number of fused-ring (bicyclic) bond motifs is 1. The normalized spacial score (nSPS) is 11.1. The van der Waals surface area contributed by atoms with Crippen molar-refractivity contribution >= 4 is 11.3 Å². The number of nitrogens with zero attached hydrogens (tertiary/aromatic N) is 5. The molecule has 0 saturated heterocycles. The van der Waals surface area contributed by atoms with Crippen LogP contribution in [0.5, 0.6) is 5.75 Å². The Labute approximate surface area is 186 Å². The Morgan fingerprint density at radius 3 is 2.75 bits per heavy atom. The molecule has 3 aromatic heterocycles. The average Bonchev–Trinajstić information content (AvgIpc) is 3.48. The summed E-state index contributed by atoms with van der Waals surface area (Å²) in [5, 5.41) is 4.48. The molecule has 0 spiro atoms. The zero-order valence-corrected chi connectivity index (χ0v) is 17.6. The Morgan fingerprint density at radius 2 is 1.91 bits per heavy atom. The maximum absolute atomic E-state index is 6.27. The van der Waals surface area contributed by atoms with E-state index in [1.54, 1.807) is 6.20 Å². The van der Waals surface area contributed by atoms with Gasteiger partial charge in [0, 0.05) is 30.2 Å². The fourth-order valence-corrected chi connectivity index (χ4v) is 3.89. The molecule has 0 atom stereocenters. The fraction of sp³-hybridized carbons (Fsp3) is 0.160. The zero-order chi connectivity index (χ0) is 21.8. The zero-order valence-electron chi connectivity index (χ0n) is 17.6. The van der Waals surface area contributed by atoms with Crippen molar-refractivity contribution in [1.82, 2.24) is 24.1 Å². The molecular formula is C25H24N6O. The number of hydrogen-bond acceptors (Lipinski definition) is 5. The standard InChI is InChI=1S/C25H24N6O/c26-25-24-23(20-8-4-10-22(14-20)32-16-19-6-2-1-3-7-19)15-21(31(24)29-17-28-25)9-5-12-30-13-11-27-18-30/h1-4,6-8,10-11,13-15,17-18H,5,9,12,16H2,(H2,26,28,29). The third-order valence-electron chi connectivity index (χ3n) is 5.46. The summed E-state index contributed by atoms with van der Waals surface area (Å²) in [5.41, 5.74) is 11.4. The lowest BCUT2D eigenvalue weighted by Gasteiger charge is -2.08. The van der Waals surface area contributed by atoms with Gasteiger partial charge in [0.05, 0.1) is 6.33 Å². The number of nitrogen functional groups attached to an aromatic ring is 1. The highest BCUT2D eigenvalue weighted by Crippen LogP contribution is 2.32. The summed E-state index contributed by atoms with van der Waals surface area (Å²) in [6.07, 6.45) is 8.94. The number of aromatic nitrogens is 5. The molecule has 0 unspecified atom stereocenters. The van der Waals surface area contributed by atoms with Crippen molar-refractivity contribution in [1.29, 1.82) is 0 Å². The molecule has 160 valence electrons. The van der Waals surface area contributed by atoms with Gasteiger partial charge in [-0.2, -0.15) is 5.10 Å². The molecule has 0 amide bonds. The number of nitrogens with two attached hydrogens (primary N) is 1. The van der Waals surface area contributed by atoms with Crippen molar-refractivity contribution in [2.24, 2.45) is 0 Å². The molecule has 0 saturated carbocycles. The van der Waals surface area contributed by atoms with Crippen LogP contribution in [0.15, 0.2) is 85.7 Å². The SMILES string of the molecule is Nc1ncnn2c(CCCn3ccnc3)cc(-c3cccc(OCc4ccccc4)c3)c12. The summed E-state index contributed by atoms with van der Waals surface area (Å²) < 4.78 is 10.0. The minimum Gasteiger partial charge on any atom is -0.489 e. The molecule has 0 aliphatic heterocycles. The van der Waals surface area contributed by atoms with E-state index in [9.17, 15) is 0 Å². The largest absolute Gasteiger partial charge is 0.489 e. The van der Waals surface area contributed by atoms with Gasteiger partial charge in [-0.25, -0.2) is 14.5 Å². The molecule has 32 heavy (non-hydrogen) atoms. The van der Waals surface area contributed by atoms with E-state index < -0.39 is 0 Å². The van der Waals surface area contributed by atoms with E-state index in [0.717, 1.165) is 53.0 Å². The van der Waals surface area contributed by atoms with Gasteiger partial charge in [-0.3, -0.25) is 0 Å². The minimum absolute atomic E-state index is 0.464. The van der Waals surface area contributed by atoms with Crippen LogP contribution in [0, 0.1) is 0 Å². The van der Waals surface area contributed by atoms with E-state index in [2.05, 4.69) is 43.9 Å². The molecule has 3 heterocycles. The quantitative estimate of drug-likeness (QED) is 0.399. The predicted octanol–water partition coefficient (Wildman–Crippen LogP) is 4.39. The number of hydrogen-bond donors (Lipinski definition) is 1. The molecule has 0 radical (unpaired) electrons. The van der Waals surface area contributed by atoms with Crippen molar-refractivity contribution in [2.75, 3.05) is 5.73 Å². The van der Waals surface area contributed by atoms with Crippen LogP contribution in [0.3, 0.4) is 0 Å². The van der Waals surface area contributed by atoms with Gasteiger partial charge in [0.1, 0.15) is 24.2 Å². The molecule has 2 aromatic carbocycles. The van der Waals surface area contributed by atoms with Crippen LogP contribution in [0.1, 0.15) is 17.7 Å². The Kier molecular flexibility index (Phi) is 5.53. The molecule has 0 bridgehead atoms. The van der Waals surface area contributed by atoms with E-state index in [0.29, 0.717) is 12.4 Å². The van der Waals surface area contributed by atoms with Crippen LogP contribution in [0.2, 0.25) is 0 Å². The van der Waals surface area contributed by atoms with Gasteiger partial charge in [0.25, 0.3) is 0 Å². The lowest BCUT2D eigenvalue weighted by atomic mass is 10.1. The van der Waals surface area contributed by atoms with Gasteiger partial charge >= 0.3 is 0 Å². The second-order valence-electron chi connectivity index (χ2n) is 7.66. The van der Waals surface area contributed by atoms with Crippen molar-refractivity contribution in [3.05, 3.63) is 97.0 Å². The van der Waals surface area contributed by atoms with Crippen LogP contribution < -0.4 is 10.5 Å². The van der Waals surface area contributed by atoms with E-state index in [-0.39, 0.29) is 0 Å². The number of anilines is 1. The summed E-state index contributed by atoms with van der Waals surface area (Å²) >= 11 is 0. The molecule has 7 nitrogen and oxygen atoms in total. The molecule has 5 rings (SSSR count). The van der Waals surface area contributed by atoms with Gasteiger partial charge in [0.2, 0.25) is 0 Å². The Hall–Kier alpha value is -4.13. The van der Waals surface area contributed by atoms with Gasteiger partial charge in [0.15, 0.2) is 5.82 Å². The highest BCUT2D eigenvalue weighted by Gasteiger charge is 2.15. The van der Waals surface area contributed by atoms with Crippen LogP contribution in [-0.4, -0.2) is 24.1 Å². The fourth-order valence-electron chi connectivity index (χ4n) is 3.89. The van der Waals surface area contributed by atoms with Crippen molar-refractivity contribution in [2.45, 2.75) is 26.0 Å². The van der Waals surface area contributed by atoms with Gasteiger partial charge in [-0.05, 0) is 42.2 Å². The smallest absolute Gasteiger partial charge is 0.151 e. The second kappa shape index (κ2) is 8.93. The van der Waals surface area contributed by atoms with Gasteiger partial charge in [-0.1, -0.05) is 42.5 Å². The number of aryl methyl sites for hydroxylation is 2. The molecule has 0 aliphatic carbocycles. The molecule has 2 N–H and O–H groups in total. The average molecular weight is 425 g/mol. The Bertz CT molecular complexity index is 1310. The first-order valence-electron chi connectivity index (χ1n) is 10.6. The van der Waals surface area contributed by atoms with E-state index in [4.69, 9.17) is 10.5 Å². The molecule has 7 heteroatoms. The number of imidazole rings is 1. The monoisotopic (exact) mass is 424 g/mol. The highest BCUT2D eigenvalue weighted by molar-refractivity contribution is 5.88. The van der Waals surface area contributed by atoms with E-state index in [1.165, 1.54) is 6.33 Å². The Balaban J connectivity index is 1.42. The van der Waals surface area contributed by atoms with Crippen LogP contribution in [0.25, 0.3) is 16.6 Å². The predicted molar refractivity (Wildman–Crippen MR) is 124 cm³/mol. The van der Waals surface area contributed by atoms with Crippen molar-refractivity contribution < 1.29 is 4.74 Å². The third-order valence-corrected chi connectivity index (χ3v) is 5.46. The maximum atomic E-state index is 6.27. The molecule has 5 aromatic rings. The first kappa shape index (κ1) is 19.8.